The summed E-state index contributed by atoms with van der Waals surface area (Å²) in [6.45, 7) is 0. The molecule has 0 aliphatic heterocycles. The molecule has 0 radical (unpaired) electrons. The van der Waals surface area contributed by atoms with Crippen LogP contribution in [0.4, 0.5) is 13.2 Å². The van der Waals surface area contributed by atoms with Crippen LogP contribution in [0, 0.1) is 17.5 Å². The number of nitrogens with zero attached hydrogens (tertiary/aromatic N) is 1. The minimum absolute atomic E-state index is 0.0827. The molecule has 1 aromatic heterocycles. The number of primary sulfonamides is 1. The van der Waals surface area contributed by atoms with E-state index in [0.29, 0.717) is 0 Å². The van der Waals surface area contributed by atoms with Crippen LogP contribution in [0.5, 0.6) is 0 Å². The Morgan fingerprint density at radius 3 is 2.24 bits per heavy atom. The molecule has 2 aromatic carbocycles. The number of hydrogen-bond donors (Lipinski definition) is 1. The maximum atomic E-state index is 14.1. The number of benzene rings is 2. The summed E-state index contributed by atoms with van der Waals surface area (Å²) in [5, 5.41) is 6.12. The van der Waals surface area contributed by atoms with Gasteiger partial charge in [0.2, 0.25) is 10.0 Å². The molecule has 0 atom stereocenters. The molecule has 0 spiro atoms. The van der Waals surface area contributed by atoms with Gasteiger partial charge in [-0.25, -0.2) is 26.7 Å². The van der Waals surface area contributed by atoms with E-state index in [1.54, 1.807) is 0 Å². The van der Waals surface area contributed by atoms with Crippen molar-refractivity contribution in [2.24, 2.45) is 5.14 Å². The summed E-state index contributed by atoms with van der Waals surface area (Å²) in [4.78, 5) is 10.3. The average Bonchev–Trinajstić information content (AvgIpc) is 2.86. The van der Waals surface area contributed by atoms with Gasteiger partial charge in [0.15, 0.2) is 4.90 Å². The normalized spacial score (nSPS) is 11.7. The first-order valence-electron chi connectivity index (χ1n) is 6.67. The monoisotopic (exact) mass is 386 g/mol. The highest BCUT2D eigenvalue weighted by Crippen LogP contribution is 2.28. The summed E-state index contributed by atoms with van der Waals surface area (Å²) in [6.07, 6.45) is 0. The lowest BCUT2D eigenvalue weighted by molar-refractivity contribution is 0.520. The average molecular weight is 386 g/mol. The van der Waals surface area contributed by atoms with E-state index in [1.165, 1.54) is 23.6 Å². The van der Waals surface area contributed by atoms with Crippen molar-refractivity contribution in [1.82, 2.24) is 4.57 Å². The van der Waals surface area contributed by atoms with Crippen LogP contribution >= 0.6 is 11.3 Å². The van der Waals surface area contributed by atoms with Gasteiger partial charge in [-0.3, -0.25) is 9.36 Å². The Bertz CT molecular complexity index is 1110. The Hall–Kier alpha value is -2.43. The molecule has 3 rings (SSSR count). The zero-order valence-corrected chi connectivity index (χ0v) is 13.9. The maximum absolute atomic E-state index is 14.1. The van der Waals surface area contributed by atoms with Crippen molar-refractivity contribution in [1.29, 1.82) is 0 Å². The molecule has 0 saturated heterocycles. The Morgan fingerprint density at radius 2 is 1.68 bits per heavy atom. The van der Waals surface area contributed by atoms with Gasteiger partial charge >= 0.3 is 4.87 Å². The molecule has 0 fully saturated rings. The molecule has 0 aliphatic rings. The second kappa shape index (κ2) is 6.14. The van der Waals surface area contributed by atoms with E-state index in [1.807, 2.05) is 0 Å². The van der Waals surface area contributed by atoms with Gasteiger partial charge in [-0.15, -0.1) is 0 Å². The van der Waals surface area contributed by atoms with E-state index in [-0.39, 0.29) is 16.9 Å². The molecule has 0 aliphatic carbocycles. The first kappa shape index (κ1) is 17.4. The Kier molecular flexibility index (Phi) is 4.27. The fraction of sp³-hybridized carbons (Fsp3) is 0. The fourth-order valence-corrected chi connectivity index (χ4v) is 3.77. The third-order valence-electron chi connectivity index (χ3n) is 3.34. The predicted octanol–water partition coefficient (Wildman–Crippen LogP) is 2.63. The molecule has 0 bridgehead atoms. The minimum Gasteiger partial charge on any atom is -0.267 e. The summed E-state index contributed by atoms with van der Waals surface area (Å²) in [5.74, 6) is -3.37. The summed E-state index contributed by atoms with van der Waals surface area (Å²) >= 11 is 0.745. The molecule has 5 nitrogen and oxygen atoms in total. The lowest BCUT2D eigenvalue weighted by atomic mass is 10.1. The van der Waals surface area contributed by atoms with Crippen LogP contribution in [-0.4, -0.2) is 13.0 Å². The maximum Gasteiger partial charge on any atom is 0.312 e. The molecule has 0 unspecified atom stereocenters. The number of sulfonamides is 1. The van der Waals surface area contributed by atoms with Gasteiger partial charge in [0.25, 0.3) is 0 Å². The molecule has 0 amide bonds. The van der Waals surface area contributed by atoms with Gasteiger partial charge in [-0.05, 0) is 30.3 Å². The number of halogens is 3. The van der Waals surface area contributed by atoms with Gasteiger partial charge in [0.1, 0.15) is 17.5 Å². The standard InChI is InChI=1S/C15H9F3N2O3S2/c16-9-2-1-3-10(6-9)20-13(7-24-15(20)21)8-4-11(17)14(12(18)5-8)25(19,22)23/h1-7H,(H2,19,22,23). The third kappa shape index (κ3) is 3.23. The van der Waals surface area contributed by atoms with E-state index in [9.17, 15) is 26.4 Å². The zero-order valence-electron chi connectivity index (χ0n) is 12.2. The minimum atomic E-state index is -4.59. The third-order valence-corrected chi connectivity index (χ3v) is 5.02. The summed E-state index contributed by atoms with van der Waals surface area (Å²) in [5.41, 5.74) is 0.155. The van der Waals surface area contributed by atoms with Gasteiger partial charge in [-0.1, -0.05) is 17.4 Å². The van der Waals surface area contributed by atoms with Crippen molar-refractivity contribution >= 4 is 21.4 Å². The first-order chi connectivity index (χ1) is 11.7. The predicted molar refractivity (Wildman–Crippen MR) is 86.6 cm³/mol. The Balaban J connectivity index is 2.25. The first-order valence-corrected chi connectivity index (χ1v) is 9.10. The van der Waals surface area contributed by atoms with Crippen LogP contribution in [0.3, 0.4) is 0 Å². The smallest absolute Gasteiger partial charge is 0.267 e. The molecule has 0 saturated carbocycles. The molecular formula is C15H9F3N2O3S2. The second-order valence-corrected chi connectivity index (χ2v) is 7.34. The van der Waals surface area contributed by atoms with E-state index < -0.39 is 37.2 Å². The van der Waals surface area contributed by atoms with Gasteiger partial charge < -0.3 is 0 Å². The second-order valence-electron chi connectivity index (χ2n) is 5.02. The van der Waals surface area contributed by atoms with E-state index in [4.69, 9.17) is 5.14 Å². The van der Waals surface area contributed by atoms with Crippen molar-refractivity contribution < 1.29 is 21.6 Å². The highest BCUT2D eigenvalue weighted by molar-refractivity contribution is 7.89. The topological polar surface area (TPSA) is 82.2 Å². The number of aromatic nitrogens is 1. The summed E-state index contributed by atoms with van der Waals surface area (Å²) in [7, 11) is -4.59. The lowest BCUT2D eigenvalue weighted by Crippen LogP contribution is -2.17. The molecule has 3 aromatic rings. The van der Waals surface area contributed by atoms with Crippen molar-refractivity contribution in [3.8, 4) is 16.9 Å². The Labute approximate surface area is 143 Å². The zero-order chi connectivity index (χ0) is 18.4. The van der Waals surface area contributed by atoms with Gasteiger partial charge in [-0.2, -0.15) is 0 Å². The highest BCUT2D eigenvalue weighted by Gasteiger charge is 2.23. The number of hydrogen-bond acceptors (Lipinski definition) is 4. The van der Waals surface area contributed by atoms with Crippen molar-refractivity contribution in [2.75, 3.05) is 0 Å². The molecule has 25 heavy (non-hydrogen) atoms. The molecule has 10 heteroatoms. The molecule has 1 heterocycles. The van der Waals surface area contributed by atoms with Crippen LogP contribution < -0.4 is 10.0 Å². The molecule has 130 valence electrons. The van der Waals surface area contributed by atoms with E-state index in [2.05, 4.69) is 0 Å². The quantitative estimate of drug-likeness (QED) is 0.751. The molecular weight excluding hydrogens is 377 g/mol. The number of rotatable bonds is 3. The van der Waals surface area contributed by atoms with Crippen LogP contribution in [0.2, 0.25) is 0 Å². The van der Waals surface area contributed by atoms with E-state index in [0.717, 1.165) is 34.1 Å². The highest BCUT2D eigenvalue weighted by atomic mass is 32.2. The van der Waals surface area contributed by atoms with Crippen molar-refractivity contribution in [2.45, 2.75) is 4.90 Å². The number of thiazole rings is 1. The fourth-order valence-electron chi connectivity index (χ4n) is 2.35. The largest absolute Gasteiger partial charge is 0.312 e. The lowest BCUT2D eigenvalue weighted by Gasteiger charge is -2.10. The summed E-state index contributed by atoms with van der Waals surface area (Å²) in [6, 6.07) is 6.60. The van der Waals surface area contributed by atoms with Crippen LogP contribution in [0.15, 0.2) is 51.5 Å². The van der Waals surface area contributed by atoms with Crippen LogP contribution in [0.25, 0.3) is 16.9 Å². The summed E-state index contributed by atoms with van der Waals surface area (Å²) < 4.78 is 65.1. The van der Waals surface area contributed by atoms with Crippen LogP contribution in [0.1, 0.15) is 0 Å². The van der Waals surface area contributed by atoms with Crippen molar-refractivity contribution in [3.05, 3.63) is 68.9 Å². The van der Waals surface area contributed by atoms with Gasteiger partial charge in [0, 0.05) is 10.9 Å². The van der Waals surface area contributed by atoms with E-state index >= 15 is 0 Å². The van der Waals surface area contributed by atoms with Crippen LogP contribution in [-0.2, 0) is 10.0 Å². The van der Waals surface area contributed by atoms with Gasteiger partial charge in [0.05, 0.1) is 11.4 Å². The molecule has 2 N–H and O–H groups in total. The SMILES string of the molecule is NS(=O)(=O)c1c(F)cc(-c2csc(=O)n2-c2cccc(F)c2)cc1F. The number of nitrogens with two attached hydrogens (primary N) is 1. The van der Waals surface area contributed by atoms with Crippen molar-refractivity contribution in [3.63, 3.8) is 0 Å². The Morgan fingerprint density at radius 1 is 1.04 bits per heavy atom.